The minimum Gasteiger partial charge on any atom is -0.484 e. The van der Waals surface area contributed by atoms with Crippen LogP contribution in [0.4, 0.5) is 26.3 Å². The normalized spacial score (nSPS) is 14.0. The molecule has 3 heterocycles. The van der Waals surface area contributed by atoms with Crippen LogP contribution in [0.5, 0.6) is 11.5 Å². The van der Waals surface area contributed by atoms with Gasteiger partial charge in [0, 0.05) is 23.5 Å². The molecule has 1 aromatic carbocycles. The van der Waals surface area contributed by atoms with E-state index in [0.717, 1.165) is 23.0 Å². The van der Waals surface area contributed by atoms with E-state index in [4.69, 9.17) is 15.0 Å². The second-order valence-corrected chi connectivity index (χ2v) is 10.4. The van der Waals surface area contributed by atoms with Crippen molar-refractivity contribution < 1.29 is 49.7 Å². The number of halogens is 6. The Labute approximate surface area is 230 Å². The van der Waals surface area contributed by atoms with Gasteiger partial charge in [0.15, 0.2) is 13.2 Å². The number of ether oxygens (including phenoxy) is 2. The SMILES string of the molecule is [2H]c1c([2H])c([2H])c2c(nc(S(=O)(=O)Cc3nccc(OCC(F)(F)F)c3C)n2Cc2nccc(OCC(F)(F)F)c2C)c1[2H]. The standard InChI is InChI=1S/C25H22F6N4O4S/c1-15-18(32-9-7-21(15)38-13-24(26,27)28)11-35-20-6-4-3-5-17(20)34-23(35)40(36,37)12-19-16(2)22(8-10-33-19)39-14-25(29,30)31/h3-10H,11-14H2,1-2H3/i3D,4D,5D,6D. The molecule has 0 bridgehead atoms. The van der Waals surface area contributed by atoms with Crippen molar-refractivity contribution in [3.8, 4) is 11.5 Å². The molecule has 3 aromatic heterocycles. The second-order valence-electron chi connectivity index (χ2n) is 8.51. The minimum atomic E-state index is -4.66. The van der Waals surface area contributed by atoms with Crippen LogP contribution in [-0.4, -0.2) is 53.5 Å². The van der Waals surface area contributed by atoms with Gasteiger partial charge in [0.1, 0.15) is 17.3 Å². The quantitative estimate of drug-likeness (QED) is 0.242. The molecular weight excluding hydrogens is 566 g/mol. The molecule has 4 aromatic rings. The number of aromatic nitrogens is 4. The van der Waals surface area contributed by atoms with E-state index < -0.39 is 82.5 Å². The van der Waals surface area contributed by atoms with Crippen molar-refractivity contribution in [1.29, 1.82) is 0 Å². The molecule has 0 N–H and O–H groups in total. The lowest BCUT2D eigenvalue weighted by atomic mass is 10.2. The monoisotopic (exact) mass is 592 g/mol. The largest absolute Gasteiger partial charge is 0.484 e. The summed E-state index contributed by atoms with van der Waals surface area (Å²) in [5.74, 6) is -1.40. The van der Waals surface area contributed by atoms with E-state index in [2.05, 4.69) is 15.0 Å². The van der Waals surface area contributed by atoms with Gasteiger partial charge in [-0.05, 0) is 38.1 Å². The molecule has 0 saturated carbocycles. The van der Waals surface area contributed by atoms with Crippen molar-refractivity contribution in [1.82, 2.24) is 19.5 Å². The summed E-state index contributed by atoms with van der Waals surface area (Å²) in [6.07, 6.45) is -7.14. The van der Waals surface area contributed by atoms with Crippen molar-refractivity contribution in [2.75, 3.05) is 13.2 Å². The van der Waals surface area contributed by atoms with Crippen LogP contribution in [0, 0.1) is 13.8 Å². The molecule has 0 radical (unpaired) electrons. The molecule has 0 saturated heterocycles. The fourth-order valence-electron chi connectivity index (χ4n) is 3.66. The zero-order valence-electron chi connectivity index (χ0n) is 24.7. The number of imidazole rings is 1. The van der Waals surface area contributed by atoms with Gasteiger partial charge >= 0.3 is 12.4 Å². The van der Waals surface area contributed by atoms with Gasteiger partial charge in [0.2, 0.25) is 15.0 Å². The van der Waals surface area contributed by atoms with Crippen molar-refractivity contribution >= 4 is 20.9 Å². The van der Waals surface area contributed by atoms with Gasteiger partial charge < -0.3 is 14.0 Å². The number of sulfone groups is 1. The van der Waals surface area contributed by atoms with Gasteiger partial charge in [-0.1, -0.05) is 12.1 Å². The number of hydrogen-bond donors (Lipinski definition) is 0. The Morgan fingerprint density at radius 2 is 1.40 bits per heavy atom. The van der Waals surface area contributed by atoms with Gasteiger partial charge in [-0.2, -0.15) is 26.3 Å². The van der Waals surface area contributed by atoms with E-state index in [1.807, 2.05) is 0 Å². The Bertz CT molecular complexity index is 1850. The summed E-state index contributed by atoms with van der Waals surface area (Å²) in [7, 11) is -4.61. The van der Waals surface area contributed by atoms with E-state index in [1.165, 1.54) is 19.9 Å². The number of pyridine rings is 2. The summed E-state index contributed by atoms with van der Waals surface area (Å²) in [4.78, 5) is 12.1. The van der Waals surface area contributed by atoms with E-state index in [1.54, 1.807) is 0 Å². The zero-order valence-corrected chi connectivity index (χ0v) is 21.6. The summed E-state index contributed by atoms with van der Waals surface area (Å²) in [5, 5.41) is -0.759. The molecular formula is C25H22F6N4O4S. The van der Waals surface area contributed by atoms with Crippen molar-refractivity contribution in [3.05, 3.63) is 71.2 Å². The van der Waals surface area contributed by atoms with E-state index >= 15 is 0 Å². The molecule has 8 nitrogen and oxygen atoms in total. The van der Waals surface area contributed by atoms with Gasteiger partial charge in [0.05, 0.1) is 34.4 Å². The van der Waals surface area contributed by atoms with Crippen LogP contribution in [0.2, 0.25) is 0 Å². The van der Waals surface area contributed by atoms with Crippen LogP contribution in [0.25, 0.3) is 11.0 Å². The highest BCUT2D eigenvalue weighted by molar-refractivity contribution is 7.90. The van der Waals surface area contributed by atoms with Crippen LogP contribution in [0.3, 0.4) is 0 Å². The van der Waals surface area contributed by atoms with Crippen molar-refractivity contribution in [2.45, 2.75) is 43.7 Å². The Morgan fingerprint density at radius 3 is 1.98 bits per heavy atom. The molecule has 0 aliphatic carbocycles. The first-order chi connectivity index (χ1) is 20.3. The van der Waals surface area contributed by atoms with Gasteiger partial charge in [-0.25, -0.2) is 13.4 Å². The molecule has 40 heavy (non-hydrogen) atoms. The number of benzene rings is 1. The summed E-state index contributed by atoms with van der Waals surface area (Å²) >= 11 is 0. The molecule has 0 unspecified atom stereocenters. The van der Waals surface area contributed by atoms with E-state index in [-0.39, 0.29) is 39.5 Å². The molecule has 214 valence electrons. The maximum Gasteiger partial charge on any atom is 0.422 e. The Kier molecular flexibility index (Phi) is 6.56. The Morgan fingerprint density at radius 1 is 0.875 bits per heavy atom. The van der Waals surface area contributed by atoms with E-state index in [9.17, 15) is 34.8 Å². The first-order valence-corrected chi connectivity index (χ1v) is 12.9. The number of rotatable bonds is 9. The first-order valence-electron chi connectivity index (χ1n) is 13.3. The van der Waals surface area contributed by atoms with Crippen molar-refractivity contribution in [2.24, 2.45) is 0 Å². The van der Waals surface area contributed by atoms with Crippen LogP contribution in [-0.2, 0) is 22.1 Å². The lowest BCUT2D eigenvalue weighted by molar-refractivity contribution is -0.154. The van der Waals surface area contributed by atoms with E-state index in [0.29, 0.717) is 0 Å². The number of para-hydroxylation sites is 2. The number of nitrogens with zero attached hydrogens (tertiary/aromatic N) is 4. The third-order valence-corrected chi connectivity index (χ3v) is 7.09. The summed E-state index contributed by atoms with van der Waals surface area (Å²) in [5.41, 5.74) is -0.855. The molecule has 15 heteroatoms. The number of alkyl halides is 6. The highest BCUT2D eigenvalue weighted by Crippen LogP contribution is 2.29. The predicted octanol–water partition coefficient (Wildman–Crippen LogP) is 5.35. The summed E-state index contributed by atoms with van der Waals surface area (Å²) in [6.45, 7) is -1.10. The van der Waals surface area contributed by atoms with Crippen molar-refractivity contribution in [3.63, 3.8) is 0 Å². The summed E-state index contributed by atoms with van der Waals surface area (Å²) in [6, 6.07) is -0.401. The third kappa shape index (κ3) is 6.81. The smallest absolute Gasteiger partial charge is 0.422 e. The Balaban J connectivity index is 1.85. The Hall–Kier alpha value is -3.88. The van der Waals surface area contributed by atoms with Gasteiger partial charge in [-0.3, -0.25) is 9.97 Å². The topological polar surface area (TPSA) is 96.2 Å². The molecule has 0 aliphatic rings. The van der Waals surface area contributed by atoms with Gasteiger partial charge in [0.25, 0.3) is 0 Å². The van der Waals surface area contributed by atoms with Crippen LogP contribution in [0.1, 0.15) is 28.0 Å². The fourth-order valence-corrected chi connectivity index (χ4v) is 5.16. The molecule has 0 aliphatic heterocycles. The average molecular weight is 593 g/mol. The zero-order chi connectivity index (χ0) is 32.8. The van der Waals surface area contributed by atoms with Crippen LogP contribution in [0.15, 0.2) is 53.9 Å². The predicted molar refractivity (Wildman–Crippen MR) is 131 cm³/mol. The highest BCUT2D eigenvalue weighted by atomic mass is 32.2. The fraction of sp³-hybridized carbons (Fsp3) is 0.320. The maximum atomic E-state index is 13.8. The lowest BCUT2D eigenvalue weighted by Crippen LogP contribution is -2.20. The second kappa shape index (κ2) is 10.9. The number of hydrogen-bond acceptors (Lipinski definition) is 7. The molecule has 0 fully saturated rings. The highest BCUT2D eigenvalue weighted by Gasteiger charge is 2.31. The minimum absolute atomic E-state index is 0.00434. The van der Waals surface area contributed by atoms with Crippen LogP contribution < -0.4 is 9.47 Å². The molecule has 4 rings (SSSR count). The maximum absolute atomic E-state index is 13.8. The van der Waals surface area contributed by atoms with Gasteiger partial charge in [-0.15, -0.1) is 0 Å². The number of fused-ring (bicyclic) bond motifs is 1. The van der Waals surface area contributed by atoms with Crippen LogP contribution >= 0.6 is 0 Å². The molecule has 0 atom stereocenters. The lowest BCUT2D eigenvalue weighted by Gasteiger charge is -2.16. The molecule has 0 spiro atoms. The first kappa shape index (κ1) is 24.0. The summed E-state index contributed by atoms with van der Waals surface area (Å²) < 4.78 is 147. The third-order valence-electron chi connectivity index (χ3n) is 5.57. The molecule has 0 amide bonds. The average Bonchev–Trinajstić information content (AvgIpc) is 3.31.